The topological polar surface area (TPSA) is 31.4 Å². The molecule has 0 saturated carbocycles. The quantitative estimate of drug-likeness (QED) is 0.0541. The van der Waals surface area contributed by atoms with E-state index >= 15 is 0 Å². The molecule has 63 heavy (non-hydrogen) atoms. The van der Waals surface area contributed by atoms with Gasteiger partial charge in [-0.15, -0.1) is 6.58 Å². The maximum absolute atomic E-state index is 14.2. The van der Waals surface area contributed by atoms with E-state index in [0.29, 0.717) is 74.5 Å². The molecule has 3 fully saturated rings. The van der Waals surface area contributed by atoms with Crippen LogP contribution in [0.15, 0.2) is 97.7 Å². The highest BCUT2D eigenvalue weighted by Gasteiger charge is 2.55. The van der Waals surface area contributed by atoms with Crippen LogP contribution in [0, 0.1) is 11.8 Å². The van der Waals surface area contributed by atoms with Crippen molar-refractivity contribution in [1.29, 1.82) is 0 Å². The molecule has 5 atom stereocenters. The summed E-state index contributed by atoms with van der Waals surface area (Å²) in [5.41, 5.74) is -6.52. The number of ether oxygens (including phenoxy) is 2. The number of piperidine rings is 3. The van der Waals surface area contributed by atoms with Crippen molar-refractivity contribution in [3.05, 3.63) is 131 Å². The normalized spacial score (nSPS) is 21.1. The Morgan fingerprint density at radius 1 is 0.730 bits per heavy atom. The molecule has 0 aliphatic carbocycles. The van der Waals surface area contributed by atoms with Crippen molar-refractivity contribution in [2.24, 2.45) is 11.8 Å². The number of methoxy groups -OCH3 is 1. The molecule has 0 amide bonds. The summed E-state index contributed by atoms with van der Waals surface area (Å²) < 4.78 is 183. The van der Waals surface area contributed by atoms with Gasteiger partial charge in [-0.25, -0.2) is 0 Å². The Hall–Kier alpha value is -5.09. The van der Waals surface area contributed by atoms with Gasteiger partial charge < -0.3 is 14.0 Å². The van der Waals surface area contributed by atoms with Crippen LogP contribution in [0.2, 0.25) is 0 Å². The van der Waals surface area contributed by atoms with Crippen molar-refractivity contribution in [3.63, 3.8) is 0 Å². The second-order valence-electron chi connectivity index (χ2n) is 16.5. The van der Waals surface area contributed by atoms with E-state index in [1.165, 1.54) is 19.2 Å². The van der Waals surface area contributed by atoms with Crippen LogP contribution in [-0.4, -0.2) is 42.3 Å². The number of pyridine rings is 1. The molecular weight excluding hydrogens is 853 g/mol. The number of benzene rings is 4. The number of nitrogens with zero attached hydrogens (tertiary/aromatic N) is 2. The first-order valence-corrected chi connectivity index (χ1v) is 20.3. The Morgan fingerprint density at radius 2 is 1.27 bits per heavy atom. The van der Waals surface area contributed by atoms with Crippen LogP contribution in [0.1, 0.15) is 72.1 Å². The minimum Gasteiger partial charge on any atom is -0.497 e. The molecule has 336 valence electrons. The summed E-state index contributed by atoms with van der Waals surface area (Å²) in [5, 5.41) is 0.763. The van der Waals surface area contributed by atoms with Gasteiger partial charge in [-0.2, -0.15) is 52.7 Å². The van der Waals surface area contributed by atoms with Crippen molar-refractivity contribution in [2.75, 3.05) is 26.8 Å². The maximum atomic E-state index is 14.2. The smallest absolute Gasteiger partial charge is 0.416 e. The van der Waals surface area contributed by atoms with Crippen LogP contribution in [0.5, 0.6) is 5.75 Å². The molecule has 2 bridgehead atoms. The summed E-state index contributed by atoms with van der Waals surface area (Å²) in [5.74, 6) is 0.714. The van der Waals surface area contributed by atoms with Gasteiger partial charge in [-0.05, 0) is 119 Å². The lowest BCUT2D eigenvalue weighted by molar-refractivity contribution is -0.985. The molecule has 0 spiro atoms. The summed E-state index contributed by atoms with van der Waals surface area (Å²) in [6.07, 6.45) is -15.2. The van der Waals surface area contributed by atoms with Gasteiger partial charge in [0.25, 0.3) is 0 Å². The molecule has 1 aromatic heterocycles. The molecular formula is C47H43F12N2O2+. The fourth-order valence-electron chi connectivity index (χ4n) is 9.37. The lowest BCUT2D eigenvalue weighted by Crippen LogP contribution is -2.67. The van der Waals surface area contributed by atoms with Crippen molar-refractivity contribution < 1.29 is 66.6 Å². The number of unbranched alkanes of at least 4 members (excludes halogenated alkanes) is 1. The van der Waals surface area contributed by atoms with Gasteiger partial charge in [0, 0.05) is 42.5 Å². The van der Waals surface area contributed by atoms with Crippen LogP contribution < -0.4 is 4.74 Å². The highest BCUT2D eigenvalue weighted by Crippen LogP contribution is 2.50. The zero-order valence-electron chi connectivity index (χ0n) is 34.1. The number of aromatic nitrogens is 1. The Bertz CT molecular complexity index is 2320. The lowest BCUT2D eigenvalue weighted by Gasteiger charge is -2.58. The zero-order valence-corrected chi connectivity index (χ0v) is 34.1. The number of halogens is 12. The fraction of sp³-hybridized carbons (Fsp3) is 0.383. The van der Waals surface area contributed by atoms with Crippen LogP contribution in [0.3, 0.4) is 0 Å². The standard InChI is InChI=1S/C47H43F12N2O2/c1-4-6-13-63-43(39-9-11-60-41-8-7-38(62-3)24-40(39)41)42-21-29-10-12-61(42,26-28(29)5-2)25-27-14-30(32-17-34(44(48,49)50)22-35(18-32)45(51,52)53)16-31(15-27)33-19-36(46(54,55)56)23-37(20-33)47(57,58)59/h5,7-9,11,14-20,22-24,28-29,42-43H,2,4,6,10,12-13,21,25-26H2,1,3H3/q+1/t28-,29-,42-,43+,61+/m0/s1. The molecule has 3 aliphatic heterocycles. The second kappa shape index (κ2) is 17.1. The minimum atomic E-state index is -5.24. The van der Waals surface area contributed by atoms with E-state index in [2.05, 4.69) is 11.6 Å². The average Bonchev–Trinajstić information content (AvgIpc) is 3.23. The molecule has 16 heteroatoms. The van der Waals surface area contributed by atoms with Crippen LogP contribution in [0.25, 0.3) is 33.2 Å². The third-order valence-electron chi connectivity index (χ3n) is 12.4. The lowest BCUT2D eigenvalue weighted by atomic mass is 9.71. The summed E-state index contributed by atoms with van der Waals surface area (Å²) in [6.45, 7) is 7.50. The van der Waals surface area contributed by atoms with Gasteiger partial charge in [0.1, 0.15) is 24.4 Å². The molecule has 5 aromatic rings. The number of fused-ring (bicyclic) bond motifs is 4. The fourth-order valence-corrected chi connectivity index (χ4v) is 9.37. The van der Waals surface area contributed by atoms with E-state index in [-0.39, 0.29) is 57.7 Å². The Morgan fingerprint density at radius 3 is 1.76 bits per heavy atom. The number of alkyl halides is 12. The third-order valence-corrected chi connectivity index (χ3v) is 12.4. The maximum Gasteiger partial charge on any atom is 0.416 e. The third kappa shape index (κ3) is 9.71. The first kappa shape index (κ1) is 45.9. The highest BCUT2D eigenvalue weighted by molar-refractivity contribution is 5.84. The molecule has 4 nitrogen and oxygen atoms in total. The second-order valence-corrected chi connectivity index (χ2v) is 16.5. The van der Waals surface area contributed by atoms with E-state index in [4.69, 9.17) is 9.47 Å². The van der Waals surface area contributed by atoms with E-state index in [1.54, 1.807) is 12.3 Å². The van der Waals surface area contributed by atoms with Crippen LogP contribution in [0.4, 0.5) is 52.7 Å². The number of quaternary nitrogens is 1. The minimum absolute atomic E-state index is 0.0288. The SMILES string of the molecule is C=C[C@H]1C[N@+]2(Cc3cc(-c4cc(C(F)(F)F)cc(C(F)(F)F)c4)cc(-c4cc(C(F)(F)F)cc(C(F)(F)F)c4)c3)CC[C@H]1C[C@H]2[C@H](OCCCC)c1ccnc2ccc(OC)cc12. The van der Waals surface area contributed by atoms with Crippen LogP contribution >= 0.6 is 0 Å². The predicted octanol–water partition coefficient (Wildman–Crippen LogP) is 14.1. The molecule has 8 rings (SSSR count). The van der Waals surface area contributed by atoms with Crippen LogP contribution in [-0.2, 0) is 36.0 Å². The van der Waals surface area contributed by atoms with Gasteiger partial charge >= 0.3 is 24.7 Å². The predicted molar refractivity (Wildman–Crippen MR) is 213 cm³/mol. The van der Waals surface area contributed by atoms with E-state index in [0.717, 1.165) is 23.4 Å². The Balaban J connectivity index is 1.46. The first-order valence-electron chi connectivity index (χ1n) is 20.3. The number of hydrogen-bond acceptors (Lipinski definition) is 3. The monoisotopic (exact) mass is 895 g/mol. The number of rotatable bonds is 12. The van der Waals surface area contributed by atoms with Crippen molar-refractivity contribution >= 4 is 10.9 Å². The molecule has 4 heterocycles. The van der Waals surface area contributed by atoms with E-state index in [1.807, 2.05) is 31.2 Å². The van der Waals surface area contributed by atoms with E-state index < -0.39 is 64.2 Å². The average molecular weight is 896 g/mol. The van der Waals surface area contributed by atoms with Gasteiger partial charge in [-0.1, -0.05) is 19.4 Å². The number of hydrogen-bond donors (Lipinski definition) is 0. The molecule has 0 radical (unpaired) electrons. The van der Waals surface area contributed by atoms with Crippen molar-refractivity contribution in [2.45, 2.75) is 76.0 Å². The van der Waals surface area contributed by atoms with Gasteiger partial charge in [0.05, 0.1) is 48.0 Å². The van der Waals surface area contributed by atoms with Crippen molar-refractivity contribution in [1.82, 2.24) is 4.98 Å². The van der Waals surface area contributed by atoms with E-state index in [9.17, 15) is 52.7 Å². The molecule has 3 saturated heterocycles. The van der Waals surface area contributed by atoms with Gasteiger partial charge in [-0.3, -0.25) is 4.98 Å². The molecule has 3 aliphatic rings. The zero-order chi connectivity index (χ0) is 45.7. The summed E-state index contributed by atoms with van der Waals surface area (Å²) in [4.78, 5) is 4.55. The summed E-state index contributed by atoms with van der Waals surface area (Å²) >= 11 is 0. The molecule has 4 aromatic carbocycles. The summed E-state index contributed by atoms with van der Waals surface area (Å²) in [7, 11) is 1.53. The first-order chi connectivity index (χ1) is 29.5. The van der Waals surface area contributed by atoms with Gasteiger partial charge in [0.2, 0.25) is 0 Å². The Kier molecular flexibility index (Phi) is 12.5. The highest BCUT2D eigenvalue weighted by atomic mass is 19.4. The molecule has 0 N–H and O–H groups in total. The Labute approximate surface area is 355 Å². The largest absolute Gasteiger partial charge is 0.497 e. The molecule has 0 unspecified atom stereocenters. The summed E-state index contributed by atoms with van der Waals surface area (Å²) in [6, 6.07) is 12.6. The van der Waals surface area contributed by atoms with Gasteiger partial charge in [0.15, 0.2) is 0 Å². The van der Waals surface area contributed by atoms with Crippen molar-refractivity contribution in [3.8, 4) is 28.0 Å².